The molecule has 0 saturated heterocycles. The number of hydrogen-bond donors (Lipinski definition) is 0. The van der Waals surface area contributed by atoms with E-state index in [1.165, 1.54) is 0 Å². The molecule has 0 amide bonds. The molecule has 16 heavy (non-hydrogen) atoms. The summed E-state index contributed by atoms with van der Waals surface area (Å²) < 4.78 is 23.3. The number of rotatable bonds is 4. The molecule has 0 radical (unpaired) electrons. The molecule has 0 aliphatic heterocycles. The normalized spacial score (nSPS) is 27.4. The van der Waals surface area contributed by atoms with Gasteiger partial charge in [0.2, 0.25) is 0 Å². The van der Waals surface area contributed by atoms with Crippen LogP contribution in [0.4, 0.5) is 0 Å². The number of sulfone groups is 1. The SMILES string of the molecule is CC1CCC(=O)C(CCS(=O)(=O)C(C)C)C1. The second-order valence-corrected chi connectivity index (χ2v) is 7.92. The summed E-state index contributed by atoms with van der Waals surface area (Å²) in [5.74, 6) is 0.965. The second kappa shape index (κ2) is 5.30. The fraction of sp³-hybridized carbons (Fsp3) is 0.917. The van der Waals surface area contributed by atoms with Crippen molar-refractivity contribution in [2.75, 3.05) is 5.75 Å². The van der Waals surface area contributed by atoms with E-state index in [9.17, 15) is 13.2 Å². The van der Waals surface area contributed by atoms with Gasteiger partial charge < -0.3 is 0 Å². The van der Waals surface area contributed by atoms with E-state index in [0.29, 0.717) is 18.8 Å². The van der Waals surface area contributed by atoms with Crippen LogP contribution >= 0.6 is 0 Å². The van der Waals surface area contributed by atoms with E-state index >= 15 is 0 Å². The fourth-order valence-corrected chi connectivity index (χ4v) is 3.23. The first kappa shape index (κ1) is 13.7. The van der Waals surface area contributed by atoms with Gasteiger partial charge in [0, 0.05) is 12.3 Å². The molecule has 1 aliphatic rings. The molecule has 0 aromatic rings. The standard InChI is InChI=1S/C12H22O3S/c1-9(2)16(14,15)7-6-11-8-10(3)4-5-12(11)13/h9-11H,4-8H2,1-3H3. The molecule has 1 aliphatic carbocycles. The largest absolute Gasteiger partial charge is 0.299 e. The van der Waals surface area contributed by atoms with Crippen molar-refractivity contribution < 1.29 is 13.2 Å². The summed E-state index contributed by atoms with van der Waals surface area (Å²) in [6, 6.07) is 0. The van der Waals surface area contributed by atoms with E-state index in [0.717, 1.165) is 12.8 Å². The van der Waals surface area contributed by atoms with Crippen molar-refractivity contribution >= 4 is 15.6 Å². The molecule has 1 fully saturated rings. The summed E-state index contributed by atoms with van der Waals surface area (Å²) in [6.07, 6.45) is 2.98. The zero-order valence-electron chi connectivity index (χ0n) is 10.4. The van der Waals surface area contributed by atoms with Crippen molar-refractivity contribution in [3.8, 4) is 0 Å². The molecule has 2 atom stereocenters. The summed E-state index contributed by atoms with van der Waals surface area (Å²) in [5, 5.41) is -0.330. The Balaban J connectivity index is 2.51. The Kier molecular flexibility index (Phi) is 4.53. The maximum absolute atomic E-state index is 11.6. The van der Waals surface area contributed by atoms with Crippen molar-refractivity contribution in [1.29, 1.82) is 0 Å². The van der Waals surface area contributed by atoms with Gasteiger partial charge in [-0.2, -0.15) is 0 Å². The molecular formula is C12H22O3S. The Morgan fingerprint density at radius 3 is 2.56 bits per heavy atom. The van der Waals surface area contributed by atoms with Gasteiger partial charge in [-0.3, -0.25) is 4.79 Å². The van der Waals surface area contributed by atoms with Crippen molar-refractivity contribution in [3.63, 3.8) is 0 Å². The monoisotopic (exact) mass is 246 g/mol. The number of Topliss-reactive ketones (excluding diaryl/α,β-unsaturated/α-hetero) is 1. The number of carbonyl (C=O) groups is 1. The van der Waals surface area contributed by atoms with Gasteiger partial charge >= 0.3 is 0 Å². The lowest BCUT2D eigenvalue weighted by Crippen LogP contribution is -2.27. The number of ketones is 1. The van der Waals surface area contributed by atoms with E-state index in [2.05, 4.69) is 6.92 Å². The highest BCUT2D eigenvalue weighted by Gasteiger charge is 2.28. The van der Waals surface area contributed by atoms with Crippen LogP contribution in [0, 0.1) is 11.8 Å². The Labute approximate surface area is 98.5 Å². The van der Waals surface area contributed by atoms with Crippen molar-refractivity contribution in [2.24, 2.45) is 11.8 Å². The third-order valence-electron chi connectivity index (χ3n) is 3.49. The van der Waals surface area contributed by atoms with Crippen molar-refractivity contribution in [2.45, 2.75) is 51.7 Å². The third-order valence-corrected chi connectivity index (χ3v) is 5.74. The van der Waals surface area contributed by atoms with Crippen LogP contribution < -0.4 is 0 Å². The average molecular weight is 246 g/mol. The minimum atomic E-state index is -2.99. The van der Waals surface area contributed by atoms with E-state index in [4.69, 9.17) is 0 Å². The molecule has 2 unspecified atom stereocenters. The highest BCUT2D eigenvalue weighted by molar-refractivity contribution is 7.91. The summed E-state index contributed by atoms with van der Waals surface area (Å²) in [7, 11) is -2.99. The first-order chi connectivity index (χ1) is 7.33. The fourth-order valence-electron chi connectivity index (χ4n) is 2.15. The molecular weight excluding hydrogens is 224 g/mol. The van der Waals surface area contributed by atoms with E-state index in [-0.39, 0.29) is 22.7 Å². The van der Waals surface area contributed by atoms with Crippen LogP contribution in [-0.4, -0.2) is 25.2 Å². The predicted octanol–water partition coefficient (Wildman–Crippen LogP) is 2.21. The van der Waals surface area contributed by atoms with Gasteiger partial charge in [0.15, 0.2) is 9.84 Å². The van der Waals surface area contributed by atoms with Crippen LogP contribution in [0.3, 0.4) is 0 Å². The topological polar surface area (TPSA) is 51.2 Å². The third kappa shape index (κ3) is 3.58. The van der Waals surface area contributed by atoms with Gasteiger partial charge in [-0.05, 0) is 39.0 Å². The van der Waals surface area contributed by atoms with E-state index in [1.807, 2.05) is 0 Å². The van der Waals surface area contributed by atoms with Crippen LogP contribution in [0.15, 0.2) is 0 Å². The van der Waals surface area contributed by atoms with Crippen LogP contribution in [-0.2, 0) is 14.6 Å². The molecule has 94 valence electrons. The minimum absolute atomic E-state index is 0.0164. The zero-order chi connectivity index (χ0) is 12.3. The lowest BCUT2D eigenvalue weighted by molar-refractivity contribution is -0.125. The molecule has 0 spiro atoms. The summed E-state index contributed by atoms with van der Waals surface area (Å²) >= 11 is 0. The molecule has 0 aromatic carbocycles. The van der Waals surface area contributed by atoms with Crippen LogP contribution in [0.1, 0.15) is 46.5 Å². The van der Waals surface area contributed by atoms with Crippen LogP contribution in [0.25, 0.3) is 0 Å². The Hall–Kier alpha value is -0.380. The number of carbonyl (C=O) groups excluding carboxylic acids is 1. The Morgan fingerprint density at radius 2 is 2.00 bits per heavy atom. The van der Waals surface area contributed by atoms with Crippen molar-refractivity contribution in [1.82, 2.24) is 0 Å². The zero-order valence-corrected chi connectivity index (χ0v) is 11.2. The lowest BCUT2D eigenvalue weighted by Gasteiger charge is -2.25. The quantitative estimate of drug-likeness (QED) is 0.764. The van der Waals surface area contributed by atoms with Crippen LogP contribution in [0.2, 0.25) is 0 Å². The van der Waals surface area contributed by atoms with Crippen LogP contribution in [0.5, 0.6) is 0 Å². The Bertz CT molecular complexity index is 343. The van der Waals surface area contributed by atoms with Gasteiger partial charge in [0.25, 0.3) is 0 Å². The first-order valence-electron chi connectivity index (χ1n) is 6.07. The molecule has 3 nitrogen and oxygen atoms in total. The summed E-state index contributed by atoms with van der Waals surface area (Å²) in [4.78, 5) is 11.6. The highest BCUT2D eigenvalue weighted by Crippen LogP contribution is 2.28. The van der Waals surface area contributed by atoms with E-state index < -0.39 is 9.84 Å². The maximum Gasteiger partial charge on any atom is 0.152 e. The minimum Gasteiger partial charge on any atom is -0.299 e. The van der Waals surface area contributed by atoms with Crippen molar-refractivity contribution in [3.05, 3.63) is 0 Å². The predicted molar refractivity (Wildman–Crippen MR) is 65.1 cm³/mol. The molecule has 0 aromatic heterocycles. The molecule has 4 heteroatoms. The maximum atomic E-state index is 11.6. The smallest absolute Gasteiger partial charge is 0.152 e. The molecule has 1 saturated carbocycles. The highest BCUT2D eigenvalue weighted by atomic mass is 32.2. The first-order valence-corrected chi connectivity index (χ1v) is 7.78. The number of hydrogen-bond acceptors (Lipinski definition) is 3. The molecule has 0 bridgehead atoms. The van der Waals surface area contributed by atoms with Gasteiger partial charge in [-0.15, -0.1) is 0 Å². The molecule has 0 heterocycles. The van der Waals surface area contributed by atoms with E-state index in [1.54, 1.807) is 13.8 Å². The second-order valence-electron chi connectivity index (χ2n) is 5.25. The average Bonchev–Trinajstić information content (AvgIpc) is 2.19. The van der Waals surface area contributed by atoms with Gasteiger partial charge in [0.1, 0.15) is 5.78 Å². The Morgan fingerprint density at radius 1 is 1.38 bits per heavy atom. The lowest BCUT2D eigenvalue weighted by atomic mass is 9.80. The molecule has 1 rings (SSSR count). The van der Waals surface area contributed by atoms with Gasteiger partial charge in [0.05, 0.1) is 11.0 Å². The molecule has 0 N–H and O–H groups in total. The summed E-state index contributed by atoms with van der Waals surface area (Å²) in [5.41, 5.74) is 0. The summed E-state index contributed by atoms with van der Waals surface area (Å²) in [6.45, 7) is 5.53. The van der Waals surface area contributed by atoms with Gasteiger partial charge in [-0.25, -0.2) is 8.42 Å². The van der Waals surface area contributed by atoms with Gasteiger partial charge in [-0.1, -0.05) is 6.92 Å².